The molecule has 2 aliphatic rings. The number of likely N-dealkylation sites (tertiary alicyclic amines) is 2. The Labute approximate surface area is 193 Å². The molecule has 2 saturated heterocycles. The molecule has 170 valence electrons. The van der Waals surface area contributed by atoms with Crippen molar-refractivity contribution in [3.63, 3.8) is 0 Å². The van der Waals surface area contributed by atoms with Crippen molar-refractivity contribution in [1.29, 1.82) is 0 Å². The summed E-state index contributed by atoms with van der Waals surface area (Å²) in [5.41, 5.74) is 0. The maximum Gasteiger partial charge on any atom is 0.250 e. The van der Waals surface area contributed by atoms with Crippen LogP contribution >= 0.6 is 22.9 Å². The van der Waals surface area contributed by atoms with Crippen LogP contribution in [0, 0.1) is 5.92 Å². The predicted molar refractivity (Wildman–Crippen MR) is 126 cm³/mol. The SMILES string of the molecule is CC(C)N1CCC(N2CCCC(CNS(=O)(=O)c3cc4ccc(Cl)cc4s3)C2=O)CC1. The Hall–Kier alpha value is -1.19. The van der Waals surface area contributed by atoms with E-state index in [-0.39, 0.29) is 28.6 Å². The average molecular weight is 484 g/mol. The molecule has 2 aromatic rings. The van der Waals surface area contributed by atoms with Gasteiger partial charge in [-0.2, -0.15) is 0 Å². The third-order valence-electron chi connectivity index (χ3n) is 6.50. The van der Waals surface area contributed by atoms with Crippen molar-refractivity contribution in [2.24, 2.45) is 5.92 Å². The van der Waals surface area contributed by atoms with Crippen LogP contribution < -0.4 is 4.72 Å². The number of hydrogen-bond donors (Lipinski definition) is 1. The van der Waals surface area contributed by atoms with E-state index in [0.29, 0.717) is 11.1 Å². The third kappa shape index (κ3) is 5.09. The maximum atomic E-state index is 13.1. The number of nitrogens with zero attached hydrogens (tertiary/aromatic N) is 2. The second-order valence-corrected chi connectivity index (χ2v) is 12.3. The Morgan fingerprint density at radius 3 is 2.61 bits per heavy atom. The predicted octanol–water partition coefficient (Wildman–Crippen LogP) is 3.94. The van der Waals surface area contributed by atoms with Gasteiger partial charge in [0.15, 0.2) is 0 Å². The quantitative estimate of drug-likeness (QED) is 0.675. The first-order valence-electron chi connectivity index (χ1n) is 11.0. The second-order valence-electron chi connectivity index (χ2n) is 8.83. The Balaban J connectivity index is 1.39. The van der Waals surface area contributed by atoms with Crippen LogP contribution in [0.5, 0.6) is 0 Å². The van der Waals surface area contributed by atoms with E-state index in [1.165, 1.54) is 11.3 Å². The van der Waals surface area contributed by atoms with Crippen LogP contribution in [0.2, 0.25) is 5.02 Å². The van der Waals surface area contributed by atoms with Crippen LogP contribution in [-0.4, -0.2) is 62.4 Å². The van der Waals surface area contributed by atoms with Crippen molar-refractivity contribution in [2.75, 3.05) is 26.2 Å². The lowest BCUT2D eigenvalue weighted by molar-refractivity contribution is -0.141. The number of amides is 1. The number of benzene rings is 1. The Kier molecular flexibility index (Phi) is 6.93. The van der Waals surface area contributed by atoms with Crippen LogP contribution in [0.3, 0.4) is 0 Å². The second kappa shape index (κ2) is 9.35. The zero-order chi connectivity index (χ0) is 22.2. The van der Waals surface area contributed by atoms with Crippen molar-refractivity contribution in [2.45, 2.75) is 55.8 Å². The summed E-state index contributed by atoms with van der Waals surface area (Å²) in [5, 5.41) is 1.43. The number of hydrogen-bond acceptors (Lipinski definition) is 5. The van der Waals surface area contributed by atoms with E-state index in [0.717, 1.165) is 55.4 Å². The van der Waals surface area contributed by atoms with Crippen LogP contribution in [0.4, 0.5) is 0 Å². The number of halogens is 1. The molecule has 0 aliphatic carbocycles. The van der Waals surface area contributed by atoms with Crippen molar-refractivity contribution in [1.82, 2.24) is 14.5 Å². The summed E-state index contributed by atoms with van der Waals surface area (Å²) in [6.45, 7) is 7.38. The topological polar surface area (TPSA) is 69.7 Å². The standard InChI is InChI=1S/C22H30ClN3O3S2/c1-15(2)25-10-7-19(8-11-25)26-9-3-4-17(22(26)27)14-24-31(28,29)21-12-16-5-6-18(23)13-20(16)30-21/h5-6,12-13,15,17,19,24H,3-4,7-11,14H2,1-2H3. The Bertz CT molecular complexity index is 1050. The van der Waals surface area contributed by atoms with Gasteiger partial charge in [-0.25, -0.2) is 13.1 Å². The van der Waals surface area contributed by atoms with Crippen LogP contribution in [0.1, 0.15) is 39.5 Å². The fourth-order valence-electron chi connectivity index (χ4n) is 4.64. The summed E-state index contributed by atoms with van der Waals surface area (Å²) in [6.07, 6.45) is 3.63. The summed E-state index contributed by atoms with van der Waals surface area (Å²) in [7, 11) is -3.67. The number of rotatable bonds is 6. The molecule has 6 nitrogen and oxygen atoms in total. The lowest BCUT2D eigenvalue weighted by Gasteiger charge is -2.43. The van der Waals surface area contributed by atoms with E-state index in [1.54, 1.807) is 18.2 Å². The first-order chi connectivity index (χ1) is 14.7. The number of nitrogens with one attached hydrogen (secondary N) is 1. The van der Waals surface area contributed by atoms with Crippen LogP contribution in [0.15, 0.2) is 28.5 Å². The normalized spacial score (nSPS) is 22.0. The number of sulfonamides is 1. The number of carbonyl (C=O) groups is 1. The highest BCUT2D eigenvalue weighted by Gasteiger charge is 2.35. The molecule has 0 saturated carbocycles. The van der Waals surface area contributed by atoms with Crippen molar-refractivity contribution < 1.29 is 13.2 Å². The van der Waals surface area contributed by atoms with Crippen molar-refractivity contribution in [3.05, 3.63) is 29.3 Å². The average Bonchev–Trinajstić information content (AvgIpc) is 3.17. The largest absolute Gasteiger partial charge is 0.339 e. The molecule has 3 heterocycles. The van der Waals surface area contributed by atoms with Crippen molar-refractivity contribution >= 4 is 49.0 Å². The highest BCUT2D eigenvalue weighted by molar-refractivity contribution is 7.91. The first kappa shape index (κ1) is 23.0. The number of fused-ring (bicyclic) bond motifs is 1. The molecule has 2 aliphatic heterocycles. The highest BCUT2D eigenvalue weighted by atomic mass is 35.5. The van der Waals surface area contributed by atoms with Gasteiger partial charge in [-0.05, 0) is 63.1 Å². The van der Waals surface area contributed by atoms with E-state index in [9.17, 15) is 13.2 Å². The van der Waals surface area contributed by atoms with Gasteiger partial charge >= 0.3 is 0 Å². The molecule has 0 spiro atoms. The summed E-state index contributed by atoms with van der Waals surface area (Å²) in [5.74, 6) is -0.199. The maximum absolute atomic E-state index is 13.1. The molecular weight excluding hydrogens is 454 g/mol. The van der Waals surface area contributed by atoms with Gasteiger partial charge in [-0.1, -0.05) is 17.7 Å². The van der Waals surface area contributed by atoms with Gasteiger partial charge in [0, 0.05) is 48.0 Å². The van der Waals surface area contributed by atoms with Gasteiger partial charge < -0.3 is 9.80 Å². The van der Waals surface area contributed by atoms with E-state index < -0.39 is 10.0 Å². The van der Waals surface area contributed by atoms with Gasteiger partial charge in [-0.3, -0.25) is 4.79 Å². The molecule has 4 rings (SSSR count). The minimum Gasteiger partial charge on any atom is -0.339 e. The van der Waals surface area contributed by atoms with E-state index in [1.807, 2.05) is 11.0 Å². The van der Waals surface area contributed by atoms with Gasteiger partial charge in [-0.15, -0.1) is 11.3 Å². The summed E-state index contributed by atoms with van der Waals surface area (Å²) < 4.78 is 29.5. The summed E-state index contributed by atoms with van der Waals surface area (Å²) in [4.78, 5) is 17.6. The molecule has 1 amide bonds. The van der Waals surface area contributed by atoms with E-state index >= 15 is 0 Å². The van der Waals surface area contributed by atoms with E-state index in [2.05, 4.69) is 23.5 Å². The molecule has 0 bridgehead atoms. The number of piperidine rings is 2. The first-order valence-corrected chi connectivity index (χ1v) is 13.7. The number of thiophene rings is 1. The lowest BCUT2D eigenvalue weighted by Crippen LogP contribution is -2.53. The monoisotopic (exact) mass is 483 g/mol. The van der Waals surface area contributed by atoms with Crippen LogP contribution in [0.25, 0.3) is 10.1 Å². The van der Waals surface area contributed by atoms with Gasteiger partial charge in [0.2, 0.25) is 15.9 Å². The molecule has 31 heavy (non-hydrogen) atoms. The van der Waals surface area contributed by atoms with E-state index in [4.69, 9.17) is 11.6 Å². The Morgan fingerprint density at radius 1 is 1.16 bits per heavy atom. The van der Waals surface area contributed by atoms with Gasteiger partial charge in [0.1, 0.15) is 4.21 Å². The Morgan fingerprint density at radius 2 is 1.90 bits per heavy atom. The molecular formula is C22H30ClN3O3S2. The fraction of sp³-hybridized carbons (Fsp3) is 0.591. The van der Waals surface area contributed by atoms with Gasteiger partial charge in [0.25, 0.3) is 0 Å². The van der Waals surface area contributed by atoms with Gasteiger partial charge in [0.05, 0.1) is 5.92 Å². The molecule has 1 unspecified atom stereocenters. The molecule has 1 N–H and O–H groups in total. The summed E-state index contributed by atoms with van der Waals surface area (Å²) in [6, 6.07) is 7.81. The molecule has 1 aromatic heterocycles. The van der Waals surface area contributed by atoms with Crippen LogP contribution in [-0.2, 0) is 14.8 Å². The molecule has 1 aromatic carbocycles. The molecule has 2 fully saturated rings. The molecule has 0 radical (unpaired) electrons. The fourth-order valence-corrected chi connectivity index (χ4v) is 7.44. The number of carbonyl (C=O) groups excluding carboxylic acids is 1. The third-order valence-corrected chi connectivity index (χ3v) is 9.73. The molecule has 1 atom stereocenters. The highest BCUT2D eigenvalue weighted by Crippen LogP contribution is 2.31. The lowest BCUT2D eigenvalue weighted by atomic mass is 9.93. The zero-order valence-corrected chi connectivity index (χ0v) is 20.4. The minimum absolute atomic E-state index is 0.0973. The van der Waals surface area contributed by atoms with Crippen molar-refractivity contribution in [3.8, 4) is 0 Å². The molecule has 9 heteroatoms. The zero-order valence-electron chi connectivity index (χ0n) is 18.0. The summed E-state index contributed by atoms with van der Waals surface area (Å²) >= 11 is 7.22. The minimum atomic E-state index is -3.67. The smallest absolute Gasteiger partial charge is 0.250 e.